The zero-order valence-corrected chi connectivity index (χ0v) is 15.5. The lowest BCUT2D eigenvalue weighted by atomic mass is 10.1. The first-order chi connectivity index (χ1) is 12.2. The summed E-state index contributed by atoms with van der Waals surface area (Å²) >= 11 is 0. The van der Waals surface area contributed by atoms with Crippen molar-refractivity contribution >= 4 is 38.9 Å². The van der Waals surface area contributed by atoms with E-state index in [4.69, 9.17) is 5.73 Å². The van der Waals surface area contributed by atoms with E-state index in [1.165, 1.54) is 30.3 Å². The third-order valence-electron chi connectivity index (χ3n) is 3.98. The van der Waals surface area contributed by atoms with E-state index in [0.717, 1.165) is 6.07 Å². The van der Waals surface area contributed by atoms with Gasteiger partial charge in [-0.25, -0.2) is 13.1 Å². The van der Waals surface area contributed by atoms with Crippen LogP contribution < -0.4 is 10.5 Å². The van der Waals surface area contributed by atoms with E-state index in [0.29, 0.717) is 16.5 Å². The summed E-state index contributed by atoms with van der Waals surface area (Å²) in [5, 5.41) is 0.968. The van der Waals surface area contributed by atoms with Gasteiger partial charge in [0.05, 0.1) is 10.5 Å². The third-order valence-corrected chi connectivity index (χ3v) is 5.44. The van der Waals surface area contributed by atoms with Crippen LogP contribution in [0.25, 0.3) is 10.8 Å². The Balaban J connectivity index is 0.00000261. The molecule has 0 saturated heterocycles. The monoisotopic (exact) mass is 416 g/mol. The largest absolute Gasteiger partial charge is 0.416 e. The predicted octanol–water partition coefficient (Wildman–Crippen LogP) is 4.34. The average molecular weight is 417 g/mol. The Bertz CT molecular complexity index is 1070. The molecular formula is C18H16ClF3N2O2S. The van der Waals surface area contributed by atoms with Crippen LogP contribution in [0.15, 0.2) is 65.6 Å². The van der Waals surface area contributed by atoms with Gasteiger partial charge in [0.2, 0.25) is 10.0 Å². The standard InChI is InChI=1S/C18H15F3N2O2S.ClH/c19-18(20,21)15-8-2-1-5-12(15)11-23-26(24,25)17-10-4-6-13-14(17)7-3-9-16(13)22;/h1-10,23H,11,22H2;1H. The molecule has 9 heteroatoms. The number of nitrogens with one attached hydrogen (secondary N) is 1. The molecule has 0 radical (unpaired) electrons. The number of halogens is 4. The molecule has 27 heavy (non-hydrogen) atoms. The molecule has 4 nitrogen and oxygen atoms in total. The molecule has 144 valence electrons. The predicted molar refractivity (Wildman–Crippen MR) is 101 cm³/mol. The number of nitrogens with two attached hydrogens (primary N) is 1. The first-order valence-corrected chi connectivity index (χ1v) is 9.10. The molecule has 0 amide bonds. The highest BCUT2D eigenvalue weighted by Crippen LogP contribution is 2.32. The minimum absolute atomic E-state index is 0. The molecule has 0 aliphatic heterocycles. The molecule has 0 unspecified atom stereocenters. The van der Waals surface area contributed by atoms with Crippen LogP contribution in [0.1, 0.15) is 11.1 Å². The molecule has 0 fully saturated rings. The van der Waals surface area contributed by atoms with Gasteiger partial charge in [0.15, 0.2) is 0 Å². The van der Waals surface area contributed by atoms with E-state index in [2.05, 4.69) is 4.72 Å². The third kappa shape index (κ3) is 4.35. The van der Waals surface area contributed by atoms with Gasteiger partial charge in [-0.3, -0.25) is 0 Å². The maximum atomic E-state index is 13.1. The summed E-state index contributed by atoms with van der Waals surface area (Å²) in [4.78, 5) is -0.0354. The molecule has 0 atom stereocenters. The maximum absolute atomic E-state index is 13.1. The van der Waals surface area contributed by atoms with Gasteiger partial charge in [0, 0.05) is 23.0 Å². The Kier molecular flexibility index (Phi) is 6.04. The topological polar surface area (TPSA) is 72.2 Å². The fraction of sp³-hybridized carbons (Fsp3) is 0.111. The van der Waals surface area contributed by atoms with Crippen LogP contribution in [0.5, 0.6) is 0 Å². The molecule has 0 aliphatic rings. The second kappa shape index (κ2) is 7.75. The summed E-state index contributed by atoms with van der Waals surface area (Å²) in [6.45, 7) is -0.475. The second-order valence-corrected chi connectivity index (χ2v) is 7.41. The molecular weight excluding hydrogens is 401 g/mol. The van der Waals surface area contributed by atoms with E-state index in [9.17, 15) is 21.6 Å². The highest BCUT2D eigenvalue weighted by Gasteiger charge is 2.33. The SMILES string of the molecule is Cl.Nc1cccc2c(S(=O)(=O)NCc3ccccc3C(F)(F)F)cccc12. The van der Waals surface area contributed by atoms with Crippen LogP contribution in [0.4, 0.5) is 18.9 Å². The van der Waals surface area contributed by atoms with E-state index in [-0.39, 0.29) is 22.9 Å². The Morgan fingerprint density at radius 3 is 2.22 bits per heavy atom. The Labute approximate surface area is 160 Å². The highest BCUT2D eigenvalue weighted by molar-refractivity contribution is 7.89. The van der Waals surface area contributed by atoms with Gasteiger partial charge in [-0.05, 0) is 23.8 Å². The fourth-order valence-electron chi connectivity index (χ4n) is 2.74. The van der Waals surface area contributed by atoms with Gasteiger partial charge in [-0.1, -0.05) is 42.5 Å². The molecule has 3 aromatic carbocycles. The molecule has 3 rings (SSSR count). The van der Waals surface area contributed by atoms with Crippen LogP contribution in [0.3, 0.4) is 0 Å². The van der Waals surface area contributed by atoms with Crippen molar-refractivity contribution in [2.24, 2.45) is 0 Å². The van der Waals surface area contributed by atoms with Gasteiger partial charge >= 0.3 is 6.18 Å². The summed E-state index contributed by atoms with van der Waals surface area (Å²) < 4.78 is 66.7. The van der Waals surface area contributed by atoms with Crippen molar-refractivity contribution in [1.82, 2.24) is 4.72 Å². The van der Waals surface area contributed by atoms with E-state index in [1.807, 2.05) is 0 Å². The number of rotatable bonds is 4. The highest BCUT2D eigenvalue weighted by atomic mass is 35.5. The lowest BCUT2D eigenvalue weighted by Crippen LogP contribution is -2.25. The molecule has 0 aliphatic carbocycles. The number of fused-ring (bicyclic) bond motifs is 1. The average Bonchev–Trinajstić information content (AvgIpc) is 2.59. The summed E-state index contributed by atoms with van der Waals surface area (Å²) in [7, 11) is -4.04. The molecule has 3 aromatic rings. The van der Waals surface area contributed by atoms with E-state index >= 15 is 0 Å². The second-order valence-electron chi connectivity index (χ2n) is 5.68. The normalized spacial score (nSPS) is 12.0. The van der Waals surface area contributed by atoms with Crippen molar-refractivity contribution in [3.05, 3.63) is 71.8 Å². The van der Waals surface area contributed by atoms with E-state index in [1.54, 1.807) is 24.3 Å². The lowest BCUT2D eigenvalue weighted by molar-refractivity contribution is -0.138. The Morgan fingerprint density at radius 2 is 1.52 bits per heavy atom. The molecule has 0 spiro atoms. The molecule has 0 aromatic heterocycles. The lowest BCUT2D eigenvalue weighted by Gasteiger charge is -2.14. The number of hydrogen-bond acceptors (Lipinski definition) is 3. The summed E-state index contributed by atoms with van der Waals surface area (Å²) in [5.74, 6) is 0. The van der Waals surface area contributed by atoms with Crippen LogP contribution >= 0.6 is 12.4 Å². The van der Waals surface area contributed by atoms with Gasteiger partial charge < -0.3 is 5.73 Å². The first-order valence-electron chi connectivity index (χ1n) is 7.62. The Morgan fingerprint density at radius 1 is 0.889 bits per heavy atom. The van der Waals surface area contributed by atoms with Crippen molar-refractivity contribution in [3.8, 4) is 0 Å². The number of sulfonamides is 1. The van der Waals surface area contributed by atoms with Gasteiger partial charge in [-0.15, -0.1) is 12.4 Å². The number of hydrogen-bond donors (Lipinski definition) is 2. The first kappa shape index (κ1) is 21.0. The van der Waals surface area contributed by atoms with Crippen LogP contribution in [0, 0.1) is 0 Å². The van der Waals surface area contributed by atoms with Gasteiger partial charge in [0.1, 0.15) is 0 Å². The smallest absolute Gasteiger partial charge is 0.398 e. The summed E-state index contributed by atoms with van der Waals surface area (Å²) in [6, 6.07) is 14.3. The van der Waals surface area contributed by atoms with Crippen LogP contribution in [-0.4, -0.2) is 8.42 Å². The van der Waals surface area contributed by atoms with Crippen LogP contribution in [0.2, 0.25) is 0 Å². The summed E-state index contributed by atoms with van der Waals surface area (Å²) in [6.07, 6.45) is -4.56. The number of anilines is 1. The van der Waals surface area contributed by atoms with Crippen LogP contribution in [-0.2, 0) is 22.7 Å². The van der Waals surface area contributed by atoms with Crippen molar-refractivity contribution in [1.29, 1.82) is 0 Å². The quantitative estimate of drug-likeness (QED) is 0.621. The van der Waals surface area contributed by atoms with Crippen molar-refractivity contribution < 1.29 is 21.6 Å². The summed E-state index contributed by atoms with van der Waals surface area (Å²) in [5.41, 5.74) is 5.26. The maximum Gasteiger partial charge on any atom is 0.416 e. The molecule has 0 saturated carbocycles. The number of nitrogen functional groups attached to an aromatic ring is 1. The Hall–Kier alpha value is -2.29. The molecule has 0 bridgehead atoms. The van der Waals surface area contributed by atoms with E-state index < -0.39 is 28.3 Å². The van der Waals surface area contributed by atoms with Crippen molar-refractivity contribution in [2.45, 2.75) is 17.6 Å². The number of alkyl halides is 3. The van der Waals surface area contributed by atoms with Crippen molar-refractivity contribution in [2.75, 3.05) is 5.73 Å². The fourth-order valence-corrected chi connectivity index (χ4v) is 3.97. The van der Waals surface area contributed by atoms with Gasteiger partial charge in [-0.2, -0.15) is 13.2 Å². The minimum atomic E-state index is -4.56. The number of benzene rings is 3. The zero-order valence-electron chi connectivity index (χ0n) is 13.8. The molecule has 0 heterocycles. The zero-order chi connectivity index (χ0) is 18.9. The minimum Gasteiger partial charge on any atom is -0.398 e. The van der Waals surface area contributed by atoms with Crippen molar-refractivity contribution in [3.63, 3.8) is 0 Å². The molecule has 3 N–H and O–H groups in total. The van der Waals surface area contributed by atoms with Gasteiger partial charge in [0.25, 0.3) is 0 Å².